The van der Waals surface area contributed by atoms with Crippen LogP contribution >= 0.6 is 0 Å². The zero-order chi connectivity index (χ0) is 16.6. The highest BCUT2D eigenvalue weighted by atomic mass is 16.5. The third-order valence-electron chi connectivity index (χ3n) is 4.98. The third kappa shape index (κ3) is 5.31. The number of aromatic nitrogens is 2. The summed E-state index contributed by atoms with van der Waals surface area (Å²) < 4.78 is 8.03. The van der Waals surface area contributed by atoms with E-state index in [4.69, 9.17) is 4.74 Å². The van der Waals surface area contributed by atoms with Gasteiger partial charge in [0.15, 0.2) is 0 Å². The van der Waals surface area contributed by atoms with Gasteiger partial charge in [-0.25, -0.2) is 4.98 Å². The zero-order valence-electron chi connectivity index (χ0n) is 14.6. The van der Waals surface area contributed by atoms with Crippen molar-refractivity contribution in [2.45, 2.75) is 51.2 Å². The van der Waals surface area contributed by atoms with E-state index < -0.39 is 0 Å². The van der Waals surface area contributed by atoms with Gasteiger partial charge >= 0.3 is 0 Å². The molecule has 2 aliphatic rings. The largest absolute Gasteiger partial charge is 0.375 e. The number of piperidine rings is 1. The van der Waals surface area contributed by atoms with Gasteiger partial charge < -0.3 is 19.1 Å². The van der Waals surface area contributed by atoms with Crippen LogP contribution in [0.2, 0.25) is 0 Å². The average molecular weight is 334 g/mol. The van der Waals surface area contributed by atoms with Gasteiger partial charge in [0.25, 0.3) is 0 Å². The van der Waals surface area contributed by atoms with Crippen molar-refractivity contribution in [3.8, 4) is 0 Å². The van der Waals surface area contributed by atoms with Crippen LogP contribution in [0.15, 0.2) is 18.7 Å². The Hall–Kier alpha value is -1.40. The minimum absolute atomic E-state index is 0.170. The molecule has 134 valence electrons. The molecule has 0 aliphatic carbocycles. The fourth-order valence-corrected chi connectivity index (χ4v) is 3.65. The first-order chi connectivity index (χ1) is 11.8. The van der Waals surface area contributed by atoms with Crippen LogP contribution in [0.3, 0.4) is 0 Å². The Labute approximate surface area is 144 Å². The van der Waals surface area contributed by atoms with Crippen molar-refractivity contribution in [3.05, 3.63) is 18.7 Å². The number of hydrogen-bond donors (Lipinski definition) is 0. The van der Waals surface area contributed by atoms with Crippen molar-refractivity contribution >= 4 is 5.91 Å². The number of ether oxygens (including phenoxy) is 1. The first-order valence-electron chi connectivity index (χ1n) is 9.39. The monoisotopic (exact) mass is 334 g/mol. The Balaban J connectivity index is 1.43. The summed E-state index contributed by atoms with van der Waals surface area (Å²) in [6.45, 7) is 6.54. The molecule has 3 rings (SSSR count). The Morgan fingerprint density at radius 3 is 2.83 bits per heavy atom. The lowest BCUT2D eigenvalue weighted by Gasteiger charge is -2.31. The number of amides is 1. The molecule has 6 heteroatoms. The highest BCUT2D eigenvalue weighted by Crippen LogP contribution is 2.14. The highest BCUT2D eigenvalue weighted by Gasteiger charge is 2.24. The number of carbonyl (C=O) groups excluding carboxylic acids is 1. The van der Waals surface area contributed by atoms with Gasteiger partial charge in [0.2, 0.25) is 5.91 Å². The van der Waals surface area contributed by atoms with Crippen LogP contribution in [0, 0.1) is 0 Å². The molecule has 6 nitrogen and oxygen atoms in total. The molecule has 0 N–H and O–H groups in total. The fraction of sp³-hybridized carbons (Fsp3) is 0.778. The maximum absolute atomic E-state index is 12.5. The smallest absolute Gasteiger partial charge is 0.222 e. The molecule has 1 aromatic heterocycles. The SMILES string of the molecule is O=C(CCCn1ccnc1)N1CCCOC(CN2CCCCC2)C1. The maximum atomic E-state index is 12.5. The number of imidazole rings is 1. The Morgan fingerprint density at radius 2 is 2.04 bits per heavy atom. The molecular formula is C18H30N4O2. The Morgan fingerprint density at radius 1 is 1.17 bits per heavy atom. The standard InChI is InChI=1S/C18H30N4O2/c23-18(6-4-10-21-12-7-19-16-21)22-11-5-13-24-17(15-22)14-20-8-2-1-3-9-20/h7,12,16-17H,1-6,8-11,13-15H2. The van der Waals surface area contributed by atoms with Gasteiger partial charge in [0.1, 0.15) is 0 Å². The van der Waals surface area contributed by atoms with E-state index in [1.54, 1.807) is 12.5 Å². The van der Waals surface area contributed by atoms with Crippen molar-refractivity contribution in [3.63, 3.8) is 0 Å². The normalized spacial score (nSPS) is 23.2. The Bertz CT molecular complexity index is 485. The van der Waals surface area contributed by atoms with Crippen molar-refractivity contribution in [1.82, 2.24) is 19.4 Å². The van der Waals surface area contributed by atoms with E-state index in [9.17, 15) is 4.79 Å². The molecule has 0 radical (unpaired) electrons. The molecule has 2 fully saturated rings. The van der Waals surface area contributed by atoms with E-state index in [2.05, 4.69) is 9.88 Å². The van der Waals surface area contributed by atoms with Crippen molar-refractivity contribution in [1.29, 1.82) is 0 Å². The van der Waals surface area contributed by atoms with Crippen LogP contribution in [0.4, 0.5) is 0 Å². The van der Waals surface area contributed by atoms with Gasteiger partial charge in [-0.05, 0) is 38.8 Å². The summed E-state index contributed by atoms with van der Waals surface area (Å²) in [5.74, 6) is 0.268. The van der Waals surface area contributed by atoms with Gasteiger partial charge in [0, 0.05) is 51.6 Å². The third-order valence-corrected chi connectivity index (χ3v) is 4.98. The van der Waals surface area contributed by atoms with Crippen LogP contribution in [0.5, 0.6) is 0 Å². The maximum Gasteiger partial charge on any atom is 0.222 e. The van der Waals surface area contributed by atoms with E-state index in [0.29, 0.717) is 6.42 Å². The highest BCUT2D eigenvalue weighted by molar-refractivity contribution is 5.76. The number of hydrogen-bond acceptors (Lipinski definition) is 4. The summed E-state index contributed by atoms with van der Waals surface area (Å²) in [7, 11) is 0. The molecule has 0 spiro atoms. The van der Waals surface area contributed by atoms with Crippen molar-refractivity contribution < 1.29 is 9.53 Å². The van der Waals surface area contributed by atoms with Gasteiger partial charge in [-0.2, -0.15) is 0 Å². The first kappa shape index (κ1) is 17.4. The zero-order valence-corrected chi connectivity index (χ0v) is 14.6. The van der Waals surface area contributed by atoms with Crippen LogP contribution < -0.4 is 0 Å². The molecule has 0 bridgehead atoms. The molecule has 3 heterocycles. The minimum Gasteiger partial charge on any atom is -0.375 e. The van der Waals surface area contributed by atoms with Gasteiger partial charge in [-0.15, -0.1) is 0 Å². The first-order valence-corrected chi connectivity index (χ1v) is 9.39. The summed E-state index contributed by atoms with van der Waals surface area (Å²) in [5.41, 5.74) is 0. The number of carbonyl (C=O) groups is 1. The number of nitrogens with zero attached hydrogens (tertiary/aromatic N) is 4. The molecule has 1 amide bonds. The lowest BCUT2D eigenvalue weighted by molar-refractivity contribution is -0.132. The van der Waals surface area contributed by atoms with Crippen LogP contribution in [0.25, 0.3) is 0 Å². The summed E-state index contributed by atoms with van der Waals surface area (Å²) in [6, 6.07) is 0. The predicted octanol–water partition coefficient (Wildman–Crippen LogP) is 1.77. The molecule has 2 saturated heterocycles. The molecule has 2 aliphatic heterocycles. The van der Waals surface area contributed by atoms with Gasteiger partial charge in [-0.3, -0.25) is 4.79 Å². The molecule has 1 aromatic rings. The fourth-order valence-electron chi connectivity index (χ4n) is 3.65. The Kier molecular flexibility index (Phi) is 6.66. The summed E-state index contributed by atoms with van der Waals surface area (Å²) >= 11 is 0. The topological polar surface area (TPSA) is 50.6 Å². The molecule has 0 saturated carbocycles. The second-order valence-electron chi connectivity index (χ2n) is 6.95. The van der Waals surface area contributed by atoms with E-state index in [0.717, 1.165) is 45.6 Å². The molecular weight excluding hydrogens is 304 g/mol. The van der Waals surface area contributed by atoms with Crippen molar-refractivity contribution in [2.75, 3.05) is 39.3 Å². The van der Waals surface area contributed by atoms with E-state index in [1.807, 2.05) is 15.7 Å². The van der Waals surface area contributed by atoms with E-state index in [-0.39, 0.29) is 12.0 Å². The van der Waals surface area contributed by atoms with Crippen LogP contribution in [0.1, 0.15) is 38.5 Å². The van der Waals surface area contributed by atoms with E-state index in [1.165, 1.54) is 32.4 Å². The van der Waals surface area contributed by atoms with Gasteiger partial charge in [0.05, 0.1) is 12.4 Å². The molecule has 0 aromatic carbocycles. The van der Waals surface area contributed by atoms with Gasteiger partial charge in [-0.1, -0.05) is 6.42 Å². The number of aryl methyl sites for hydroxylation is 1. The number of rotatable bonds is 6. The molecule has 24 heavy (non-hydrogen) atoms. The predicted molar refractivity (Wildman–Crippen MR) is 92.7 cm³/mol. The van der Waals surface area contributed by atoms with Crippen LogP contribution in [-0.2, 0) is 16.1 Å². The summed E-state index contributed by atoms with van der Waals surface area (Å²) in [5, 5.41) is 0. The minimum atomic E-state index is 0.170. The van der Waals surface area contributed by atoms with Crippen molar-refractivity contribution in [2.24, 2.45) is 0 Å². The molecule has 1 unspecified atom stereocenters. The lowest BCUT2D eigenvalue weighted by Crippen LogP contribution is -2.43. The van der Waals surface area contributed by atoms with Crippen LogP contribution in [-0.4, -0.2) is 70.7 Å². The second-order valence-corrected chi connectivity index (χ2v) is 6.95. The quantitative estimate of drug-likeness (QED) is 0.795. The average Bonchev–Trinajstić information content (AvgIpc) is 3.01. The lowest BCUT2D eigenvalue weighted by atomic mass is 10.1. The second kappa shape index (κ2) is 9.18. The summed E-state index contributed by atoms with van der Waals surface area (Å²) in [4.78, 5) is 21.1. The molecule has 1 atom stereocenters. The van der Waals surface area contributed by atoms with E-state index >= 15 is 0 Å². The number of likely N-dealkylation sites (tertiary alicyclic amines) is 1. The summed E-state index contributed by atoms with van der Waals surface area (Å²) in [6.07, 6.45) is 12.1.